The first-order valence-corrected chi connectivity index (χ1v) is 11.0. The third-order valence-electron chi connectivity index (χ3n) is 5.62. The molecule has 0 aliphatic carbocycles. The standard InChI is InChI=1S/C24H19F5N6O2/c1-33-11-15-10-17(5-8-19(15)32-33)34-12-14-2-9-20(30-13-24(27,28)29)31-21(14)35(23(34)36)16-3-6-18(7-4-16)37-22(25)26/h2-11,22H,12-13H2,1H3,(H,30,31). The highest BCUT2D eigenvalue weighted by molar-refractivity contribution is 6.10. The molecule has 0 saturated heterocycles. The molecular formula is C24H19F5N6O2. The van der Waals surface area contributed by atoms with Crippen molar-refractivity contribution in [3.63, 3.8) is 0 Å². The maximum Gasteiger partial charge on any atom is 0.405 e. The van der Waals surface area contributed by atoms with Crippen LogP contribution >= 0.6 is 0 Å². The third kappa shape index (κ3) is 5.10. The summed E-state index contributed by atoms with van der Waals surface area (Å²) in [4.78, 5) is 20.7. The normalized spacial score (nSPS) is 13.9. The molecule has 2 amide bonds. The Bertz CT molecular complexity index is 1450. The number of aryl methyl sites for hydroxylation is 1. The van der Waals surface area contributed by atoms with E-state index < -0.39 is 25.4 Å². The van der Waals surface area contributed by atoms with Gasteiger partial charge in [0.05, 0.1) is 17.7 Å². The quantitative estimate of drug-likeness (QED) is 0.326. The van der Waals surface area contributed by atoms with Crippen LogP contribution in [0.2, 0.25) is 0 Å². The van der Waals surface area contributed by atoms with E-state index in [0.29, 0.717) is 11.3 Å². The number of fused-ring (bicyclic) bond motifs is 2. The number of urea groups is 1. The fourth-order valence-corrected chi connectivity index (χ4v) is 4.05. The van der Waals surface area contributed by atoms with Crippen LogP contribution < -0.4 is 19.9 Å². The first-order valence-electron chi connectivity index (χ1n) is 11.0. The van der Waals surface area contributed by atoms with Crippen LogP contribution in [-0.2, 0) is 13.6 Å². The summed E-state index contributed by atoms with van der Waals surface area (Å²) >= 11 is 0. The molecule has 0 spiro atoms. The van der Waals surface area contributed by atoms with Crippen LogP contribution in [0, 0.1) is 0 Å². The molecule has 37 heavy (non-hydrogen) atoms. The van der Waals surface area contributed by atoms with E-state index in [4.69, 9.17) is 0 Å². The van der Waals surface area contributed by atoms with Gasteiger partial charge in [0, 0.05) is 29.9 Å². The molecule has 1 aliphatic heterocycles. The Kier molecular flexibility index (Phi) is 6.05. The smallest absolute Gasteiger partial charge is 0.405 e. The summed E-state index contributed by atoms with van der Waals surface area (Å²) in [5.41, 5.74) is 2.14. The van der Waals surface area contributed by atoms with E-state index >= 15 is 0 Å². The van der Waals surface area contributed by atoms with E-state index in [1.165, 1.54) is 40.1 Å². The predicted molar refractivity (Wildman–Crippen MR) is 126 cm³/mol. The Morgan fingerprint density at radius 2 is 1.78 bits per heavy atom. The van der Waals surface area contributed by atoms with Gasteiger partial charge in [-0.25, -0.2) is 14.7 Å². The zero-order chi connectivity index (χ0) is 26.3. The van der Waals surface area contributed by atoms with Crippen molar-refractivity contribution in [2.24, 2.45) is 7.05 Å². The van der Waals surface area contributed by atoms with Crippen molar-refractivity contribution in [2.75, 3.05) is 21.7 Å². The Balaban J connectivity index is 1.56. The molecule has 192 valence electrons. The van der Waals surface area contributed by atoms with E-state index in [2.05, 4.69) is 20.1 Å². The average Bonchev–Trinajstić information content (AvgIpc) is 3.21. The lowest BCUT2D eigenvalue weighted by molar-refractivity contribution is -0.115. The first kappa shape index (κ1) is 24.3. The van der Waals surface area contributed by atoms with Crippen LogP contribution in [0.15, 0.2) is 60.8 Å². The van der Waals surface area contributed by atoms with E-state index in [1.807, 2.05) is 0 Å². The number of aromatic nitrogens is 3. The second kappa shape index (κ2) is 9.22. The highest BCUT2D eigenvalue weighted by Crippen LogP contribution is 2.38. The van der Waals surface area contributed by atoms with Crippen molar-refractivity contribution in [3.05, 3.63) is 66.4 Å². The topological polar surface area (TPSA) is 75.5 Å². The molecule has 2 aromatic heterocycles. The summed E-state index contributed by atoms with van der Waals surface area (Å²) in [6.45, 7) is -4.22. The van der Waals surface area contributed by atoms with Crippen molar-refractivity contribution in [2.45, 2.75) is 19.3 Å². The summed E-state index contributed by atoms with van der Waals surface area (Å²) in [6, 6.07) is 13.1. The monoisotopic (exact) mass is 518 g/mol. The van der Waals surface area contributed by atoms with Gasteiger partial charge in [0.15, 0.2) is 0 Å². The molecule has 4 aromatic rings. The maximum atomic E-state index is 13.8. The molecule has 13 heteroatoms. The lowest BCUT2D eigenvalue weighted by Gasteiger charge is -2.36. The molecule has 3 heterocycles. The van der Waals surface area contributed by atoms with E-state index in [-0.39, 0.29) is 29.6 Å². The van der Waals surface area contributed by atoms with Gasteiger partial charge in [0.2, 0.25) is 0 Å². The highest BCUT2D eigenvalue weighted by atomic mass is 19.4. The van der Waals surface area contributed by atoms with Gasteiger partial charge in [-0.2, -0.15) is 27.1 Å². The first-order chi connectivity index (χ1) is 17.6. The third-order valence-corrected chi connectivity index (χ3v) is 5.62. The number of carbonyl (C=O) groups is 1. The number of benzene rings is 2. The molecule has 0 saturated carbocycles. The number of hydrogen-bond acceptors (Lipinski definition) is 5. The summed E-state index contributed by atoms with van der Waals surface area (Å²) in [5.74, 6) is -0.0639. The number of anilines is 4. The number of nitrogens with zero attached hydrogens (tertiary/aromatic N) is 5. The number of pyridine rings is 1. The van der Waals surface area contributed by atoms with E-state index in [9.17, 15) is 26.7 Å². The Morgan fingerprint density at radius 3 is 2.49 bits per heavy atom. The van der Waals surface area contributed by atoms with Gasteiger partial charge >= 0.3 is 18.8 Å². The molecule has 0 radical (unpaired) electrons. The van der Waals surface area contributed by atoms with Gasteiger partial charge in [-0.05, 0) is 54.6 Å². The molecule has 1 aliphatic rings. The maximum absolute atomic E-state index is 13.8. The van der Waals surface area contributed by atoms with Gasteiger partial charge in [-0.1, -0.05) is 0 Å². The fourth-order valence-electron chi connectivity index (χ4n) is 4.05. The van der Waals surface area contributed by atoms with Gasteiger partial charge in [0.1, 0.15) is 23.9 Å². The fraction of sp³-hybridized carbons (Fsp3) is 0.208. The number of amides is 2. The zero-order valence-electron chi connectivity index (χ0n) is 19.2. The molecule has 0 bridgehead atoms. The van der Waals surface area contributed by atoms with Crippen molar-refractivity contribution < 1.29 is 31.5 Å². The zero-order valence-corrected chi connectivity index (χ0v) is 19.2. The number of alkyl halides is 5. The molecule has 1 N–H and O–H groups in total. The number of ether oxygens (including phenoxy) is 1. The van der Waals surface area contributed by atoms with E-state index in [1.54, 1.807) is 42.2 Å². The summed E-state index contributed by atoms with van der Waals surface area (Å²) < 4.78 is 69.4. The van der Waals surface area contributed by atoms with Crippen molar-refractivity contribution in [1.82, 2.24) is 14.8 Å². The second-order valence-electron chi connectivity index (χ2n) is 8.27. The van der Waals surface area contributed by atoms with Crippen LogP contribution in [0.5, 0.6) is 5.75 Å². The SMILES string of the molecule is Cn1cc2cc(N3Cc4ccc(NCC(F)(F)F)nc4N(c4ccc(OC(F)F)cc4)C3=O)ccc2n1. The minimum Gasteiger partial charge on any atom is -0.435 e. The number of rotatable bonds is 6. The van der Waals surface area contributed by atoms with Gasteiger partial charge in [-0.15, -0.1) is 0 Å². The lowest BCUT2D eigenvalue weighted by Crippen LogP contribution is -2.45. The van der Waals surface area contributed by atoms with Crippen molar-refractivity contribution in [3.8, 4) is 5.75 Å². The Labute approximate surface area is 206 Å². The lowest BCUT2D eigenvalue weighted by atomic mass is 10.1. The molecule has 2 aromatic carbocycles. The molecule has 0 atom stereocenters. The van der Waals surface area contributed by atoms with Crippen molar-refractivity contribution >= 4 is 39.9 Å². The molecule has 0 unspecified atom stereocenters. The second-order valence-corrected chi connectivity index (χ2v) is 8.27. The molecule has 0 fully saturated rings. The Hall–Kier alpha value is -4.42. The van der Waals surface area contributed by atoms with Crippen molar-refractivity contribution in [1.29, 1.82) is 0 Å². The van der Waals surface area contributed by atoms with Gasteiger partial charge < -0.3 is 10.1 Å². The minimum absolute atomic E-state index is 0.0724. The van der Waals surface area contributed by atoms with Gasteiger partial charge in [0.25, 0.3) is 0 Å². The summed E-state index contributed by atoms with van der Waals surface area (Å²) in [5, 5.41) is 7.36. The number of halogens is 5. The Morgan fingerprint density at radius 1 is 1.05 bits per heavy atom. The number of nitrogens with one attached hydrogen (secondary N) is 1. The van der Waals surface area contributed by atoms with Crippen LogP contribution in [0.3, 0.4) is 0 Å². The van der Waals surface area contributed by atoms with Gasteiger partial charge in [-0.3, -0.25) is 9.58 Å². The average molecular weight is 518 g/mol. The van der Waals surface area contributed by atoms with Crippen LogP contribution in [0.1, 0.15) is 5.56 Å². The van der Waals surface area contributed by atoms with E-state index in [0.717, 1.165) is 10.9 Å². The molecule has 8 nitrogen and oxygen atoms in total. The largest absolute Gasteiger partial charge is 0.435 e. The molecular weight excluding hydrogens is 499 g/mol. The highest BCUT2D eigenvalue weighted by Gasteiger charge is 2.34. The molecule has 5 rings (SSSR count). The van der Waals surface area contributed by atoms with Crippen LogP contribution in [-0.4, -0.2) is 40.1 Å². The number of hydrogen-bond donors (Lipinski definition) is 1. The summed E-state index contributed by atoms with van der Waals surface area (Å²) in [6.07, 6.45) is -2.66. The van der Waals surface area contributed by atoms with Crippen LogP contribution in [0.4, 0.5) is 49.8 Å². The number of carbonyl (C=O) groups excluding carboxylic acids is 1. The predicted octanol–water partition coefficient (Wildman–Crippen LogP) is 5.82. The summed E-state index contributed by atoms with van der Waals surface area (Å²) in [7, 11) is 1.78. The van der Waals surface area contributed by atoms with Crippen LogP contribution in [0.25, 0.3) is 10.9 Å². The minimum atomic E-state index is -4.46.